The Morgan fingerprint density at radius 3 is 2.65 bits per heavy atom. The minimum atomic E-state index is -0.505. The summed E-state index contributed by atoms with van der Waals surface area (Å²) in [5.41, 5.74) is 4.52. The Kier molecular flexibility index (Phi) is 5.85. The van der Waals surface area contributed by atoms with E-state index in [4.69, 9.17) is 18.9 Å². The van der Waals surface area contributed by atoms with Crippen LogP contribution in [-0.4, -0.2) is 25.7 Å². The van der Waals surface area contributed by atoms with Gasteiger partial charge in [0.1, 0.15) is 12.2 Å². The van der Waals surface area contributed by atoms with Crippen LogP contribution >= 0.6 is 15.9 Å². The van der Waals surface area contributed by atoms with Crippen molar-refractivity contribution in [2.75, 3.05) is 18.9 Å². The van der Waals surface area contributed by atoms with E-state index in [1.54, 1.807) is 36.4 Å². The molecule has 0 aromatic heterocycles. The molecule has 3 aromatic carbocycles. The Hall–Kier alpha value is -3.98. The highest BCUT2D eigenvalue weighted by molar-refractivity contribution is 9.10. The van der Waals surface area contributed by atoms with Crippen molar-refractivity contribution >= 4 is 39.5 Å². The number of nitrogens with one attached hydrogen (secondary N) is 1. The second-order valence-electron chi connectivity index (χ2n) is 7.48. The highest BCUT2D eigenvalue weighted by Gasteiger charge is 2.34. The van der Waals surface area contributed by atoms with Crippen LogP contribution in [0.5, 0.6) is 23.0 Å². The number of ether oxygens (including phenoxy) is 4. The first kappa shape index (κ1) is 21.8. The van der Waals surface area contributed by atoms with E-state index in [9.17, 15) is 9.59 Å². The van der Waals surface area contributed by atoms with Crippen LogP contribution in [0.15, 0.2) is 70.7 Å². The summed E-state index contributed by atoms with van der Waals surface area (Å²) in [6, 6.07) is 17.9. The molecule has 0 atom stereocenters. The zero-order valence-electron chi connectivity index (χ0n) is 18.0. The van der Waals surface area contributed by atoms with Gasteiger partial charge in [0.2, 0.25) is 6.79 Å². The van der Waals surface area contributed by atoms with Crippen molar-refractivity contribution in [3.63, 3.8) is 0 Å². The monoisotopic (exact) mass is 522 g/mol. The molecule has 0 bridgehead atoms. The molecular weight excluding hydrogens is 504 g/mol. The third-order valence-electron chi connectivity index (χ3n) is 5.29. The predicted molar refractivity (Wildman–Crippen MR) is 128 cm³/mol. The van der Waals surface area contributed by atoms with Gasteiger partial charge >= 0.3 is 0 Å². The molecule has 34 heavy (non-hydrogen) atoms. The molecule has 9 heteroatoms. The van der Waals surface area contributed by atoms with Gasteiger partial charge in [-0.25, -0.2) is 5.01 Å². The van der Waals surface area contributed by atoms with Gasteiger partial charge in [-0.05, 0) is 48.0 Å². The molecule has 2 amide bonds. The molecule has 8 nitrogen and oxygen atoms in total. The molecule has 2 aliphatic rings. The van der Waals surface area contributed by atoms with E-state index in [0.29, 0.717) is 38.7 Å². The van der Waals surface area contributed by atoms with Crippen LogP contribution in [0.1, 0.15) is 11.1 Å². The lowest BCUT2D eigenvalue weighted by molar-refractivity contribution is -0.117. The van der Waals surface area contributed by atoms with E-state index in [0.717, 1.165) is 5.56 Å². The fraction of sp³-hybridized carbons (Fsp3) is 0.120. The maximum atomic E-state index is 13.0. The van der Waals surface area contributed by atoms with E-state index in [1.165, 1.54) is 18.2 Å². The maximum Gasteiger partial charge on any atom is 0.282 e. The largest absolute Gasteiger partial charge is 0.493 e. The molecule has 0 unspecified atom stereocenters. The number of methoxy groups -OCH3 is 1. The fourth-order valence-electron chi connectivity index (χ4n) is 3.66. The first-order chi connectivity index (χ1) is 16.5. The molecule has 2 aliphatic heterocycles. The zero-order valence-corrected chi connectivity index (χ0v) is 19.6. The lowest BCUT2D eigenvalue weighted by Crippen LogP contribution is -2.35. The fourth-order valence-corrected chi connectivity index (χ4v) is 4.11. The van der Waals surface area contributed by atoms with Crippen LogP contribution < -0.4 is 29.4 Å². The molecule has 0 spiro atoms. The standard InChI is InChI=1S/C25H19BrN2O6/c1-31-22-12-17(26)10-16(23(22)32-13-15-7-8-20-21(9-15)34-14-33-20)11-19-24(29)27-28(25(19)30)18-5-3-2-4-6-18/h2-12H,13-14H2,1H3,(H,27,29)/b19-11+. The summed E-state index contributed by atoms with van der Waals surface area (Å²) in [6.07, 6.45) is 1.50. The van der Waals surface area contributed by atoms with E-state index in [-0.39, 0.29) is 19.0 Å². The minimum absolute atomic E-state index is 0.0167. The smallest absolute Gasteiger partial charge is 0.282 e. The third-order valence-corrected chi connectivity index (χ3v) is 5.75. The summed E-state index contributed by atoms with van der Waals surface area (Å²) < 4.78 is 23.1. The third kappa shape index (κ3) is 4.17. The molecule has 172 valence electrons. The number of anilines is 1. The van der Waals surface area contributed by atoms with Crippen molar-refractivity contribution in [1.29, 1.82) is 0 Å². The summed E-state index contributed by atoms with van der Waals surface area (Å²) >= 11 is 3.45. The number of hydrogen-bond acceptors (Lipinski definition) is 6. The number of nitrogens with zero attached hydrogens (tertiary/aromatic N) is 1. The van der Waals surface area contributed by atoms with E-state index < -0.39 is 11.8 Å². The van der Waals surface area contributed by atoms with Gasteiger partial charge < -0.3 is 18.9 Å². The minimum Gasteiger partial charge on any atom is -0.493 e. The van der Waals surface area contributed by atoms with Crippen LogP contribution in [0, 0.1) is 0 Å². The van der Waals surface area contributed by atoms with Gasteiger partial charge in [-0.3, -0.25) is 15.0 Å². The van der Waals surface area contributed by atoms with Gasteiger partial charge in [0.05, 0.1) is 12.8 Å². The summed E-state index contributed by atoms with van der Waals surface area (Å²) in [4.78, 5) is 25.7. The number of hydrogen-bond donors (Lipinski definition) is 1. The van der Waals surface area contributed by atoms with Crippen LogP contribution in [0.2, 0.25) is 0 Å². The number of rotatable bonds is 6. The van der Waals surface area contributed by atoms with Crippen molar-refractivity contribution in [2.45, 2.75) is 6.61 Å². The number of amides is 2. The molecule has 2 heterocycles. The molecule has 1 N–H and O–H groups in total. The lowest BCUT2D eigenvalue weighted by atomic mass is 10.1. The van der Waals surface area contributed by atoms with Gasteiger partial charge in [0, 0.05) is 10.0 Å². The maximum absolute atomic E-state index is 13.0. The molecule has 1 saturated heterocycles. The summed E-state index contributed by atoms with van der Waals surface area (Å²) in [5, 5.41) is 1.22. The van der Waals surface area contributed by atoms with Crippen molar-refractivity contribution in [2.24, 2.45) is 0 Å². The number of para-hydroxylation sites is 1. The SMILES string of the molecule is COc1cc(Br)cc(/C=C2\C(=O)NN(c3ccccc3)C2=O)c1OCc1ccc2c(c1)OCO2. The topological polar surface area (TPSA) is 86.3 Å². The second kappa shape index (κ2) is 9.11. The average Bonchev–Trinajstić information content (AvgIpc) is 3.43. The number of carbonyl (C=O) groups excluding carboxylic acids is 2. The van der Waals surface area contributed by atoms with Crippen LogP contribution in [-0.2, 0) is 16.2 Å². The zero-order chi connectivity index (χ0) is 23.7. The Morgan fingerprint density at radius 1 is 1.06 bits per heavy atom. The van der Waals surface area contributed by atoms with Crippen LogP contribution in [0.4, 0.5) is 5.69 Å². The molecule has 5 rings (SSSR count). The number of hydrazine groups is 1. The summed E-state index contributed by atoms with van der Waals surface area (Å²) in [6.45, 7) is 0.398. The van der Waals surface area contributed by atoms with Crippen LogP contribution in [0.3, 0.4) is 0 Å². The van der Waals surface area contributed by atoms with Crippen LogP contribution in [0.25, 0.3) is 6.08 Å². The Balaban J connectivity index is 1.46. The second-order valence-corrected chi connectivity index (χ2v) is 8.39. The quantitative estimate of drug-likeness (QED) is 0.385. The summed E-state index contributed by atoms with van der Waals surface area (Å²) in [7, 11) is 1.52. The first-order valence-corrected chi connectivity index (χ1v) is 11.1. The van der Waals surface area contributed by atoms with Gasteiger partial charge in [-0.15, -0.1) is 0 Å². The number of fused-ring (bicyclic) bond motifs is 1. The molecule has 0 saturated carbocycles. The molecule has 3 aromatic rings. The van der Waals surface area contributed by atoms with Gasteiger partial charge in [0.15, 0.2) is 23.0 Å². The summed E-state index contributed by atoms with van der Waals surface area (Å²) in [5.74, 6) is 1.22. The van der Waals surface area contributed by atoms with E-state index in [2.05, 4.69) is 21.4 Å². The molecule has 0 radical (unpaired) electrons. The van der Waals surface area contributed by atoms with Crippen molar-refractivity contribution in [3.8, 4) is 23.0 Å². The predicted octanol–water partition coefficient (Wildman–Crippen LogP) is 4.23. The van der Waals surface area contributed by atoms with Crippen molar-refractivity contribution < 1.29 is 28.5 Å². The first-order valence-electron chi connectivity index (χ1n) is 10.3. The van der Waals surface area contributed by atoms with E-state index in [1.807, 2.05) is 24.3 Å². The normalized spacial score (nSPS) is 15.6. The van der Waals surface area contributed by atoms with Crippen molar-refractivity contribution in [1.82, 2.24) is 5.43 Å². The number of halogens is 1. The molecule has 0 aliphatic carbocycles. The van der Waals surface area contributed by atoms with E-state index >= 15 is 0 Å². The highest BCUT2D eigenvalue weighted by Crippen LogP contribution is 2.38. The number of carbonyl (C=O) groups is 2. The Labute approximate surface area is 203 Å². The Bertz CT molecular complexity index is 1310. The highest BCUT2D eigenvalue weighted by atomic mass is 79.9. The average molecular weight is 523 g/mol. The Morgan fingerprint density at radius 2 is 1.85 bits per heavy atom. The van der Waals surface area contributed by atoms with Gasteiger partial charge in [-0.1, -0.05) is 40.2 Å². The molecule has 1 fully saturated rings. The number of benzene rings is 3. The molecular formula is C25H19BrN2O6. The van der Waals surface area contributed by atoms with Gasteiger partial charge in [0.25, 0.3) is 11.8 Å². The lowest BCUT2D eigenvalue weighted by Gasteiger charge is -2.15. The van der Waals surface area contributed by atoms with Gasteiger partial charge in [-0.2, -0.15) is 0 Å². The van der Waals surface area contributed by atoms with Crippen molar-refractivity contribution in [3.05, 3.63) is 81.8 Å².